The molecule has 1 aromatic rings. The van der Waals surface area contributed by atoms with Crippen molar-refractivity contribution >= 4 is 21.8 Å². The van der Waals surface area contributed by atoms with Crippen molar-refractivity contribution in [2.75, 3.05) is 13.1 Å². The van der Waals surface area contributed by atoms with E-state index in [9.17, 15) is 4.79 Å². The fourth-order valence-corrected chi connectivity index (χ4v) is 2.03. The molecule has 1 unspecified atom stereocenters. The third-order valence-electron chi connectivity index (χ3n) is 2.35. The van der Waals surface area contributed by atoms with Crippen LogP contribution in [0.25, 0.3) is 10.4 Å². The lowest BCUT2D eigenvalue weighted by atomic mass is 10.1. The minimum absolute atomic E-state index is 0.394. The Labute approximate surface area is 113 Å². The topological polar surface area (TPSA) is 104 Å². The molecule has 3 N–H and O–H groups in total. The van der Waals surface area contributed by atoms with Gasteiger partial charge in [0.25, 0.3) is 0 Å². The predicted molar refractivity (Wildman–Crippen MR) is 72.7 cm³/mol. The number of primary amides is 1. The van der Waals surface area contributed by atoms with E-state index in [2.05, 4.69) is 31.3 Å². The first kappa shape index (κ1) is 14.5. The molecule has 0 spiro atoms. The van der Waals surface area contributed by atoms with Gasteiger partial charge < -0.3 is 11.1 Å². The first-order valence-electron chi connectivity index (χ1n) is 5.44. The maximum atomic E-state index is 11.4. The predicted octanol–water partition coefficient (Wildman–Crippen LogP) is 2.27. The monoisotopic (exact) mass is 311 g/mol. The summed E-state index contributed by atoms with van der Waals surface area (Å²) in [6.07, 6.45) is 0.651. The Hall–Kier alpha value is -1.56. The molecule has 0 aromatic heterocycles. The third kappa shape index (κ3) is 4.37. The minimum atomic E-state index is -0.549. The van der Waals surface area contributed by atoms with Gasteiger partial charge in [0.1, 0.15) is 6.04 Å². The molecule has 0 fully saturated rings. The molecule has 1 rings (SSSR count). The molecule has 1 amide bonds. The fourth-order valence-electron chi connectivity index (χ4n) is 1.51. The number of hydrogen-bond acceptors (Lipinski definition) is 3. The number of carbonyl (C=O) groups is 1. The second kappa shape index (κ2) is 7.71. The quantitative estimate of drug-likeness (QED) is 0.349. The normalized spacial score (nSPS) is 11.6. The molecule has 0 heterocycles. The van der Waals surface area contributed by atoms with Crippen LogP contribution in [0.4, 0.5) is 0 Å². The Morgan fingerprint density at radius 2 is 2.28 bits per heavy atom. The molecule has 0 aliphatic heterocycles. The van der Waals surface area contributed by atoms with Crippen LogP contribution in [0.2, 0.25) is 0 Å². The first-order chi connectivity index (χ1) is 8.66. The van der Waals surface area contributed by atoms with Crippen LogP contribution < -0.4 is 11.1 Å². The summed E-state index contributed by atoms with van der Waals surface area (Å²) < 4.78 is 0.830. The number of nitrogens with one attached hydrogen (secondary N) is 1. The number of halogens is 1. The summed E-state index contributed by atoms with van der Waals surface area (Å²) in [6.45, 7) is 0.943. The van der Waals surface area contributed by atoms with Crippen LogP contribution in [0.1, 0.15) is 18.0 Å². The van der Waals surface area contributed by atoms with E-state index in [4.69, 9.17) is 11.3 Å². The lowest BCUT2D eigenvalue weighted by Gasteiger charge is -2.16. The maximum absolute atomic E-state index is 11.4. The van der Waals surface area contributed by atoms with Crippen LogP contribution in [0.3, 0.4) is 0 Å². The van der Waals surface area contributed by atoms with Crippen LogP contribution >= 0.6 is 15.9 Å². The van der Waals surface area contributed by atoms with E-state index in [-0.39, 0.29) is 0 Å². The molecule has 1 aromatic carbocycles. The van der Waals surface area contributed by atoms with Crippen LogP contribution in [0.15, 0.2) is 33.9 Å². The van der Waals surface area contributed by atoms with E-state index >= 15 is 0 Å². The Morgan fingerprint density at radius 3 is 2.89 bits per heavy atom. The van der Waals surface area contributed by atoms with Gasteiger partial charge in [0.2, 0.25) is 5.91 Å². The molecule has 0 aliphatic rings. The van der Waals surface area contributed by atoms with Crippen LogP contribution in [0.5, 0.6) is 0 Å². The number of nitrogens with zero attached hydrogens (tertiary/aromatic N) is 3. The van der Waals surface area contributed by atoms with E-state index in [0.717, 1.165) is 10.0 Å². The Kier molecular flexibility index (Phi) is 6.21. The molecule has 0 aliphatic carbocycles. The summed E-state index contributed by atoms with van der Waals surface area (Å²) in [5, 5.41) is 6.47. The Morgan fingerprint density at radius 1 is 1.56 bits per heavy atom. The Bertz CT molecular complexity index is 459. The van der Waals surface area contributed by atoms with Crippen LogP contribution in [-0.2, 0) is 4.79 Å². The molecule has 6 nitrogen and oxygen atoms in total. The number of hydrogen-bond donors (Lipinski definition) is 2. The number of carbonyl (C=O) groups excluding carboxylic acids is 1. The van der Waals surface area contributed by atoms with Gasteiger partial charge in [0.15, 0.2) is 0 Å². The van der Waals surface area contributed by atoms with Gasteiger partial charge in [-0.05, 0) is 30.1 Å². The molecule has 0 saturated carbocycles. The highest BCUT2D eigenvalue weighted by Crippen LogP contribution is 2.22. The van der Waals surface area contributed by atoms with Crippen molar-refractivity contribution in [3.05, 3.63) is 44.7 Å². The molecular weight excluding hydrogens is 298 g/mol. The van der Waals surface area contributed by atoms with Gasteiger partial charge in [-0.2, -0.15) is 0 Å². The lowest BCUT2D eigenvalue weighted by molar-refractivity contribution is -0.120. The number of amides is 1. The van der Waals surface area contributed by atoms with E-state index in [1.165, 1.54) is 0 Å². The lowest BCUT2D eigenvalue weighted by Crippen LogP contribution is -2.34. The summed E-state index contributed by atoms with van der Waals surface area (Å²) in [5.74, 6) is -0.439. The van der Waals surface area contributed by atoms with Crippen LogP contribution in [0, 0.1) is 0 Å². The van der Waals surface area contributed by atoms with Crippen molar-refractivity contribution in [3.8, 4) is 0 Å². The van der Waals surface area contributed by atoms with Crippen molar-refractivity contribution in [3.63, 3.8) is 0 Å². The van der Waals surface area contributed by atoms with E-state index in [0.29, 0.717) is 19.5 Å². The molecular formula is C11H14BrN5O. The third-order valence-corrected chi connectivity index (χ3v) is 3.07. The van der Waals surface area contributed by atoms with Crippen molar-refractivity contribution in [1.82, 2.24) is 5.32 Å². The highest BCUT2D eigenvalue weighted by atomic mass is 79.9. The summed E-state index contributed by atoms with van der Waals surface area (Å²) in [5.41, 5.74) is 14.3. The number of benzene rings is 1. The van der Waals surface area contributed by atoms with E-state index in [1.807, 2.05) is 24.3 Å². The molecule has 96 valence electrons. The first-order valence-corrected chi connectivity index (χ1v) is 6.24. The number of rotatable bonds is 7. The average molecular weight is 312 g/mol. The highest BCUT2D eigenvalue weighted by Gasteiger charge is 2.18. The Balaban J connectivity index is 2.64. The zero-order chi connectivity index (χ0) is 13.4. The van der Waals surface area contributed by atoms with Crippen LogP contribution in [-0.4, -0.2) is 19.0 Å². The van der Waals surface area contributed by atoms with E-state index < -0.39 is 11.9 Å². The second-order valence-electron chi connectivity index (χ2n) is 3.62. The number of azide groups is 1. The molecule has 0 saturated heterocycles. The largest absolute Gasteiger partial charge is 0.368 e. The summed E-state index contributed by atoms with van der Waals surface area (Å²) in [7, 11) is 0. The second-order valence-corrected chi connectivity index (χ2v) is 4.47. The molecule has 1 atom stereocenters. The van der Waals surface area contributed by atoms with Crippen molar-refractivity contribution in [2.45, 2.75) is 12.5 Å². The molecule has 0 radical (unpaired) electrons. The summed E-state index contributed by atoms with van der Waals surface area (Å²) in [6, 6.07) is 6.85. The van der Waals surface area contributed by atoms with Crippen molar-refractivity contribution < 1.29 is 4.79 Å². The zero-order valence-corrected chi connectivity index (χ0v) is 11.3. The average Bonchev–Trinajstić information content (AvgIpc) is 2.35. The fraction of sp³-hybridized carbons (Fsp3) is 0.364. The zero-order valence-electron chi connectivity index (χ0n) is 9.71. The van der Waals surface area contributed by atoms with Gasteiger partial charge in [-0.25, -0.2) is 0 Å². The van der Waals surface area contributed by atoms with Gasteiger partial charge in [-0.1, -0.05) is 39.2 Å². The van der Waals surface area contributed by atoms with Gasteiger partial charge in [0.05, 0.1) is 0 Å². The maximum Gasteiger partial charge on any atom is 0.239 e. The summed E-state index contributed by atoms with van der Waals surface area (Å²) in [4.78, 5) is 14.1. The minimum Gasteiger partial charge on any atom is -0.368 e. The van der Waals surface area contributed by atoms with Crippen molar-refractivity contribution in [1.29, 1.82) is 0 Å². The van der Waals surface area contributed by atoms with Gasteiger partial charge >= 0.3 is 0 Å². The van der Waals surface area contributed by atoms with E-state index in [1.54, 1.807) is 0 Å². The molecule has 7 heteroatoms. The van der Waals surface area contributed by atoms with Gasteiger partial charge in [-0.15, -0.1) is 0 Å². The smallest absolute Gasteiger partial charge is 0.239 e. The molecule has 18 heavy (non-hydrogen) atoms. The highest BCUT2D eigenvalue weighted by molar-refractivity contribution is 9.10. The van der Waals surface area contributed by atoms with Crippen molar-refractivity contribution in [2.24, 2.45) is 10.8 Å². The molecule has 0 bridgehead atoms. The van der Waals surface area contributed by atoms with Gasteiger partial charge in [-0.3, -0.25) is 4.79 Å². The SMILES string of the molecule is [N-]=[N+]=NCCCNC(C(N)=O)c1ccccc1Br. The van der Waals surface area contributed by atoms with Gasteiger partial charge in [0, 0.05) is 15.9 Å². The number of nitrogens with two attached hydrogens (primary N) is 1. The standard InChI is InChI=1S/C11H14BrN5O/c12-9-5-2-1-4-8(9)10(11(13)18)15-6-3-7-16-17-14/h1-2,4-5,10,15H,3,6-7H2,(H2,13,18). The summed E-state index contributed by atoms with van der Waals surface area (Å²) >= 11 is 3.38.